The molecule has 0 amide bonds. The number of likely N-dealkylation sites (tertiary alicyclic amines) is 1. The van der Waals surface area contributed by atoms with Gasteiger partial charge >= 0.3 is 0 Å². The monoisotopic (exact) mass is 223 g/mol. The number of piperidine rings is 1. The van der Waals surface area contributed by atoms with E-state index in [1.807, 2.05) is 0 Å². The van der Waals surface area contributed by atoms with Gasteiger partial charge < -0.3 is 10.2 Å². The van der Waals surface area contributed by atoms with Crippen molar-refractivity contribution in [2.45, 2.75) is 25.8 Å². The molecule has 2 N–H and O–H groups in total. The molecule has 0 aliphatic carbocycles. The summed E-state index contributed by atoms with van der Waals surface area (Å²) in [7, 11) is 2.20. The molecule has 16 heavy (non-hydrogen) atoms. The maximum absolute atomic E-state index is 4.16. The van der Waals surface area contributed by atoms with Gasteiger partial charge in [0.05, 0.1) is 6.04 Å². The van der Waals surface area contributed by atoms with Gasteiger partial charge in [-0.1, -0.05) is 0 Å². The van der Waals surface area contributed by atoms with Crippen molar-refractivity contribution in [3.8, 4) is 0 Å². The highest BCUT2D eigenvalue weighted by Crippen LogP contribution is 2.15. The van der Waals surface area contributed by atoms with Crippen LogP contribution in [0, 0.1) is 5.92 Å². The molecule has 2 unspecified atom stereocenters. The summed E-state index contributed by atoms with van der Waals surface area (Å²) in [4.78, 5) is 6.57. The second-order valence-electron chi connectivity index (χ2n) is 4.77. The molecule has 0 bridgehead atoms. The van der Waals surface area contributed by atoms with E-state index in [0.29, 0.717) is 0 Å². The molecule has 1 aromatic rings. The van der Waals surface area contributed by atoms with E-state index in [1.165, 1.54) is 25.9 Å². The van der Waals surface area contributed by atoms with Gasteiger partial charge in [0.25, 0.3) is 0 Å². The molecule has 2 atom stereocenters. The fourth-order valence-corrected chi connectivity index (χ4v) is 2.30. The van der Waals surface area contributed by atoms with E-state index in [9.17, 15) is 0 Å². The molecule has 0 spiro atoms. The largest absolute Gasteiger partial charge is 0.307 e. The lowest BCUT2D eigenvalue weighted by Gasteiger charge is -2.30. The van der Waals surface area contributed by atoms with Crippen LogP contribution in [0.15, 0.2) is 6.33 Å². The van der Waals surface area contributed by atoms with Crippen molar-refractivity contribution in [3.05, 3.63) is 12.2 Å². The molecule has 1 aliphatic rings. The Morgan fingerprint density at radius 3 is 3.25 bits per heavy atom. The Bertz CT molecular complexity index is 297. The SMILES string of the molecule is CC(NCC1CCCN(C)C1)c1ncn[nH]1. The third-order valence-electron chi connectivity index (χ3n) is 3.28. The van der Waals surface area contributed by atoms with Gasteiger partial charge in [-0.3, -0.25) is 5.10 Å². The van der Waals surface area contributed by atoms with Crippen LogP contribution in [-0.2, 0) is 0 Å². The van der Waals surface area contributed by atoms with E-state index >= 15 is 0 Å². The normalized spacial score (nSPS) is 24.5. The summed E-state index contributed by atoms with van der Waals surface area (Å²) in [5.41, 5.74) is 0. The predicted octanol–water partition coefficient (Wildman–Crippen LogP) is 0.797. The van der Waals surface area contributed by atoms with Crippen molar-refractivity contribution in [2.75, 3.05) is 26.7 Å². The van der Waals surface area contributed by atoms with Gasteiger partial charge in [-0.2, -0.15) is 5.10 Å². The third-order valence-corrected chi connectivity index (χ3v) is 3.28. The first kappa shape index (κ1) is 11.5. The van der Waals surface area contributed by atoms with E-state index < -0.39 is 0 Å². The standard InChI is InChI=1S/C11H21N5/c1-9(11-13-8-14-15-11)12-6-10-4-3-5-16(2)7-10/h8-10,12H,3-7H2,1-2H3,(H,13,14,15). The molecular weight excluding hydrogens is 202 g/mol. The Kier molecular flexibility index (Phi) is 3.90. The number of aromatic nitrogens is 3. The minimum atomic E-state index is 0.259. The van der Waals surface area contributed by atoms with Crippen molar-refractivity contribution in [1.29, 1.82) is 0 Å². The van der Waals surface area contributed by atoms with Crippen LogP contribution in [0.3, 0.4) is 0 Å². The molecule has 0 aromatic carbocycles. The first-order valence-corrected chi connectivity index (χ1v) is 6.03. The minimum Gasteiger partial charge on any atom is -0.307 e. The highest BCUT2D eigenvalue weighted by Gasteiger charge is 2.18. The smallest absolute Gasteiger partial charge is 0.141 e. The van der Waals surface area contributed by atoms with E-state index in [-0.39, 0.29) is 6.04 Å². The number of nitrogens with one attached hydrogen (secondary N) is 2. The number of aromatic amines is 1. The molecule has 1 aliphatic heterocycles. The summed E-state index contributed by atoms with van der Waals surface area (Å²) in [6.45, 7) is 5.63. The lowest BCUT2D eigenvalue weighted by molar-refractivity contribution is 0.203. The van der Waals surface area contributed by atoms with E-state index in [0.717, 1.165) is 18.3 Å². The van der Waals surface area contributed by atoms with Gasteiger partial charge in [0.1, 0.15) is 12.2 Å². The van der Waals surface area contributed by atoms with Crippen molar-refractivity contribution < 1.29 is 0 Å². The van der Waals surface area contributed by atoms with Crippen molar-refractivity contribution in [1.82, 2.24) is 25.4 Å². The van der Waals surface area contributed by atoms with Gasteiger partial charge in [-0.05, 0) is 45.8 Å². The van der Waals surface area contributed by atoms with E-state index in [1.54, 1.807) is 6.33 Å². The van der Waals surface area contributed by atoms with Crippen LogP contribution < -0.4 is 5.32 Å². The third kappa shape index (κ3) is 3.02. The Balaban J connectivity index is 1.74. The zero-order chi connectivity index (χ0) is 11.4. The number of rotatable bonds is 4. The quantitative estimate of drug-likeness (QED) is 0.792. The second kappa shape index (κ2) is 5.41. The first-order chi connectivity index (χ1) is 7.75. The fourth-order valence-electron chi connectivity index (χ4n) is 2.30. The Morgan fingerprint density at radius 2 is 2.56 bits per heavy atom. The Labute approximate surface area is 96.6 Å². The molecule has 1 saturated heterocycles. The maximum Gasteiger partial charge on any atom is 0.141 e. The molecule has 1 fully saturated rings. The number of hydrogen-bond acceptors (Lipinski definition) is 4. The molecule has 5 heteroatoms. The van der Waals surface area contributed by atoms with Crippen LogP contribution in [0.1, 0.15) is 31.6 Å². The Morgan fingerprint density at radius 1 is 1.69 bits per heavy atom. The highest BCUT2D eigenvalue weighted by atomic mass is 15.2. The maximum atomic E-state index is 4.16. The summed E-state index contributed by atoms with van der Waals surface area (Å²) in [6.07, 6.45) is 4.21. The summed E-state index contributed by atoms with van der Waals surface area (Å²) in [5, 5.41) is 10.3. The van der Waals surface area contributed by atoms with Gasteiger partial charge in [-0.15, -0.1) is 0 Å². The number of H-pyrrole nitrogens is 1. The van der Waals surface area contributed by atoms with Crippen LogP contribution >= 0.6 is 0 Å². The van der Waals surface area contributed by atoms with E-state index in [2.05, 4.69) is 39.4 Å². The zero-order valence-corrected chi connectivity index (χ0v) is 10.1. The molecule has 2 rings (SSSR count). The van der Waals surface area contributed by atoms with Crippen LogP contribution in [-0.4, -0.2) is 46.8 Å². The van der Waals surface area contributed by atoms with Gasteiger partial charge in [0, 0.05) is 6.54 Å². The molecule has 1 aromatic heterocycles. The number of hydrogen-bond donors (Lipinski definition) is 2. The number of nitrogens with zero attached hydrogens (tertiary/aromatic N) is 3. The lowest BCUT2D eigenvalue weighted by Crippen LogP contribution is -2.38. The molecule has 0 saturated carbocycles. The molecule has 5 nitrogen and oxygen atoms in total. The van der Waals surface area contributed by atoms with E-state index in [4.69, 9.17) is 0 Å². The minimum absolute atomic E-state index is 0.259. The van der Waals surface area contributed by atoms with Gasteiger partial charge in [0.2, 0.25) is 0 Å². The molecule has 90 valence electrons. The second-order valence-corrected chi connectivity index (χ2v) is 4.77. The average molecular weight is 223 g/mol. The van der Waals surface area contributed by atoms with Crippen LogP contribution in [0.5, 0.6) is 0 Å². The van der Waals surface area contributed by atoms with Crippen molar-refractivity contribution >= 4 is 0 Å². The Hall–Kier alpha value is -0.940. The summed E-state index contributed by atoms with van der Waals surface area (Å²) in [6, 6.07) is 0.259. The lowest BCUT2D eigenvalue weighted by atomic mass is 9.98. The topological polar surface area (TPSA) is 56.8 Å². The fraction of sp³-hybridized carbons (Fsp3) is 0.818. The zero-order valence-electron chi connectivity index (χ0n) is 10.1. The average Bonchev–Trinajstić information content (AvgIpc) is 2.79. The van der Waals surface area contributed by atoms with Crippen LogP contribution in [0.25, 0.3) is 0 Å². The van der Waals surface area contributed by atoms with Crippen LogP contribution in [0.4, 0.5) is 0 Å². The highest BCUT2D eigenvalue weighted by molar-refractivity contribution is 4.89. The van der Waals surface area contributed by atoms with Crippen molar-refractivity contribution in [3.63, 3.8) is 0 Å². The molecule has 2 heterocycles. The summed E-state index contributed by atoms with van der Waals surface area (Å²) < 4.78 is 0. The van der Waals surface area contributed by atoms with Gasteiger partial charge in [0.15, 0.2) is 0 Å². The van der Waals surface area contributed by atoms with Crippen molar-refractivity contribution in [2.24, 2.45) is 5.92 Å². The molecule has 0 radical (unpaired) electrons. The van der Waals surface area contributed by atoms with Crippen LogP contribution in [0.2, 0.25) is 0 Å². The molecular formula is C11H21N5. The van der Waals surface area contributed by atoms with Gasteiger partial charge in [-0.25, -0.2) is 4.98 Å². The summed E-state index contributed by atoms with van der Waals surface area (Å²) >= 11 is 0. The predicted molar refractivity (Wildman–Crippen MR) is 63.0 cm³/mol. The summed E-state index contributed by atoms with van der Waals surface area (Å²) in [5.74, 6) is 1.69. The first-order valence-electron chi connectivity index (χ1n) is 6.03.